The Morgan fingerprint density at radius 2 is 1.86 bits per heavy atom. The summed E-state index contributed by atoms with van der Waals surface area (Å²) in [5.41, 5.74) is 11.3. The van der Waals surface area contributed by atoms with Gasteiger partial charge in [-0.3, -0.25) is 9.69 Å². The zero-order valence-corrected chi connectivity index (χ0v) is 19.7. The lowest BCUT2D eigenvalue weighted by Gasteiger charge is -2.31. The molecule has 1 aliphatic rings. The zero-order valence-electron chi connectivity index (χ0n) is 19.7. The van der Waals surface area contributed by atoms with E-state index < -0.39 is 5.92 Å². The number of halogens is 2. The third-order valence-corrected chi connectivity index (χ3v) is 6.80. The number of rotatable bonds is 5. The van der Waals surface area contributed by atoms with E-state index in [0.29, 0.717) is 36.6 Å². The van der Waals surface area contributed by atoms with Crippen LogP contribution in [0.3, 0.4) is 0 Å². The van der Waals surface area contributed by atoms with Gasteiger partial charge in [-0.15, -0.1) is 0 Å². The van der Waals surface area contributed by atoms with Gasteiger partial charge in [-0.05, 0) is 48.9 Å². The summed E-state index contributed by atoms with van der Waals surface area (Å²) < 4.78 is 28.4. The van der Waals surface area contributed by atoms with Crippen LogP contribution in [0.4, 0.5) is 14.6 Å². The van der Waals surface area contributed by atoms with Crippen LogP contribution >= 0.6 is 0 Å². The number of nitrogens with zero attached hydrogens (tertiary/aromatic N) is 4. The number of hydrogen-bond donors (Lipinski definition) is 3. The molecule has 1 aliphatic heterocycles. The number of nitrogens with one attached hydrogen (secondary N) is 2. The molecule has 0 atom stereocenters. The fraction of sp³-hybridized carbons (Fsp3) is 0.269. The molecule has 4 N–H and O–H groups in total. The van der Waals surface area contributed by atoms with E-state index in [1.165, 1.54) is 10.9 Å². The Labute approximate surface area is 205 Å². The van der Waals surface area contributed by atoms with E-state index in [1.807, 2.05) is 48.2 Å². The lowest BCUT2D eigenvalue weighted by Crippen LogP contribution is -2.38. The standard InChI is InChI=1S/C26H25F2N7O/c1-15-31-21-5-3-18(12-22(21)32-15)35-25(29)19(13-30-35)24(36)23-11-17-10-16(2-4-20(17)33-23)14-34-8-6-26(27,28)7-9-34/h2-5,10-13,33H,6-9,14,29H2,1H3,(H,31,32). The predicted octanol–water partition coefficient (Wildman–Crippen LogP) is 4.58. The molecule has 10 heteroatoms. The number of H-pyrrole nitrogens is 2. The molecule has 4 heterocycles. The number of hydrogen-bond acceptors (Lipinski definition) is 5. The number of aromatic nitrogens is 5. The average molecular weight is 490 g/mol. The molecule has 5 aromatic rings. The molecule has 0 radical (unpaired) electrons. The van der Waals surface area contributed by atoms with E-state index >= 15 is 0 Å². The van der Waals surface area contributed by atoms with Crippen molar-refractivity contribution >= 4 is 33.5 Å². The first-order valence-corrected chi connectivity index (χ1v) is 11.8. The molecule has 3 aromatic heterocycles. The summed E-state index contributed by atoms with van der Waals surface area (Å²) in [6.45, 7) is 3.23. The first-order valence-electron chi connectivity index (χ1n) is 11.8. The van der Waals surface area contributed by atoms with E-state index in [4.69, 9.17) is 5.73 Å². The highest BCUT2D eigenvalue weighted by Crippen LogP contribution is 2.29. The number of aromatic amines is 2. The van der Waals surface area contributed by atoms with Gasteiger partial charge in [-0.2, -0.15) is 5.10 Å². The van der Waals surface area contributed by atoms with Crippen molar-refractivity contribution in [2.24, 2.45) is 0 Å². The maximum atomic E-state index is 13.5. The minimum absolute atomic E-state index is 0.109. The van der Waals surface area contributed by atoms with Crippen LogP contribution in [0.1, 0.15) is 40.3 Å². The van der Waals surface area contributed by atoms with E-state index in [-0.39, 0.29) is 24.4 Å². The van der Waals surface area contributed by atoms with Gasteiger partial charge in [0.25, 0.3) is 5.92 Å². The number of anilines is 1. The summed E-state index contributed by atoms with van der Waals surface area (Å²) in [6.07, 6.45) is 1.26. The topological polar surface area (TPSA) is 109 Å². The van der Waals surface area contributed by atoms with Crippen molar-refractivity contribution in [2.75, 3.05) is 18.8 Å². The van der Waals surface area contributed by atoms with Crippen LogP contribution in [-0.2, 0) is 6.54 Å². The summed E-state index contributed by atoms with van der Waals surface area (Å²) in [7, 11) is 0. The van der Waals surface area contributed by atoms with Gasteiger partial charge >= 0.3 is 0 Å². The third kappa shape index (κ3) is 4.03. The summed E-state index contributed by atoms with van der Waals surface area (Å²) in [5.74, 6) is -1.76. The summed E-state index contributed by atoms with van der Waals surface area (Å²) >= 11 is 0. The van der Waals surface area contributed by atoms with E-state index in [9.17, 15) is 13.6 Å². The van der Waals surface area contributed by atoms with Crippen LogP contribution in [0.25, 0.3) is 27.6 Å². The number of alkyl halides is 2. The van der Waals surface area contributed by atoms with Gasteiger partial charge in [0.1, 0.15) is 11.6 Å². The maximum absolute atomic E-state index is 13.5. The van der Waals surface area contributed by atoms with Gasteiger partial charge in [0.2, 0.25) is 5.78 Å². The SMILES string of the molecule is Cc1nc2cc(-n3ncc(C(=O)c4cc5cc(CN6CCC(F)(F)CC6)ccc5[nH]4)c3N)ccc2[nH]1. The van der Waals surface area contributed by atoms with Crippen molar-refractivity contribution < 1.29 is 13.6 Å². The van der Waals surface area contributed by atoms with Gasteiger partial charge in [-0.1, -0.05) is 6.07 Å². The van der Waals surface area contributed by atoms with Crippen molar-refractivity contribution in [1.82, 2.24) is 29.6 Å². The van der Waals surface area contributed by atoms with Crippen LogP contribution in [0, 0.1) is 6.92 Å². The molecule has 6 rings (SSSR count). The van der Waals surface area contributed by atoms with E-state index in [1.54, 1.807) is 6.07 Å². The minimum Gasteiger partial charge on any atom is -0.383 e. The number of carbonyl (C=O) groups is 1. The van der Waals surface area contributed by atoms with Crippen LogP contribution in [0.15, 0.2) is 48.7 Å². The molecule has 0 unspecified atom stereocenters. The number of benzene rings is 2. The third-order valence-electron chi connectivity index (χ3n) is 6.80. The van der Waals surface area contributed by atoms with Crippen molar-refractivity contribution in [3.63, 3.8) is 0 Å². The number of likely N-dealkylation sites (tertiary alicyclic amines) is 1. The van der Waals surface area contributed by atoms with Crippen molar-refractivity contribution in [3.05, 3.63) is 71.3 Å². The molecule has 36 heavy (non-hydrogen) atoms. The summed E-state index contributed by atoms with van der Waals surface area (Å²) in [6, 6.07) is 13.3. The molecule has 0 bridgehead atoms. The smallest absolute Gasteiger partial charge is 0.250 e. The largest absolute Gasteiger partial charge is 0.383 e. The van der Waals surface area contributed by atoms with Crippen LogP contribution in [0.2, 0.25) is 0 Å². The molecule has 0 saturated carbocycles. The highest BCUT2D eigenvalue weighted by molar-refractivity contribution is 6.12. The molecular weight excluding hydrogens is 464 g/mol. The predicted molar refractivity (Wildman–Crippen MR) is 134 cm³/mol. The Morgan fingerprint density at radius 3 is 2.67 bits per heavy atom. The second-order valence-corrected chi connectivity index (χ2v) is 9.44. The van der Waals surface area contributed by atoms with Gasteiger partial charge in [-0.25, -0.2) is 18.4 Å². The van der Waals surface area contributed by atoms with Gasteiger partial charge in [0, 0.05) is 43.4 Å². The second-order valence-electron chi connectivity index (χ2n) is 9.44. The molecule has 8 nitrogen and oxygen atoms in total. The quantitative estimate of drug-likeness (QED) is 0.313. The van der Waals surface area contributed by atoms with E-state index in [0.717, 1.165) is 33.3 Å². The van der Waals surface area contributed by atoms with E-state index in [2.05, 4.69) is 20.1 Å². The number of nitrogen functional groups attached to an aromatic ring is 1. The summed E-state index contributed by atoms with van der Waals surface area (Å²) in [5, 5.41) is 5.23. The number of carbonyl (C=O) groups excluding carboxylic acids is 1. The molecule has 1 saturated heterocycles. The van der Waals surface area contributed by atoms with Gasteiger partial charge in [0.05, 0.1) is 34.2 Å². The molecule has 0 spiro atoms. The Bertz CT molecular complexity index is 1600. The number of nitrogens with two attached hydrogens (primary N) is 1. The Balaban J connectivity index is 1.24. The fourth-order valence-corrected chi connectivity index (χ4v) is 4.84. The second kappa shape index (κ2) is 8.27. The van der Waals surface area contributed by atoms with Crippen LogP contribution in [0.5, 0.6) is 0 Å². The van der Waals surface area contributed by atoms with Crippen molar-refractivity contribution in [2.45, 2.75) is 32.2 Å². The molecule has 184 valence electrons. The number of aryl methyl sites for hydroxylation is 1. The number of ketones is 1. The minimum atomic E-state index is -2.56. The zero-order chi connectivity index (χ0) is 25.0. The first kappa shape index (κ1) is 22.4. The van der Waals surface area contributed by atoms with Crippen LogP contribution < -0.4 is 5.73 Å². The molecular formula is C26H25F2N7O. The average Bonchev–Trinajstić information content (AvgIpc) is 3.54. The van der Waals surface area contributed by atoms with Gasteiger partial charge < -0.3 is 15.7 Å². The highest BCUT2D eigenvalue weighted by atomic mass is 19.3. The van der Waals surface area contributed by atoms with Crippen molar-refractivity contribution in [3.8, 4) is 5.69 Å². The number of fused-ring (bicyclic) bond motifs is 2. The molecule has 0 amide bonds. The maximum Gasteiger partial charge on any atom is 0.250 e. The highest BCUT2D eigenvalue weighted by Gasteiger charge is 2.33. The Morgan fingerprint density at radius 1 is 1.08 bits per heavy atom. The van der Waals surface area contributed by atoms with Gasteiger partial charge in [0.15, 0.2) is 0 Å². The summed E-state index contributed by atoms with van der Waals surface area (Å²) in [4.78, 5) is 26.1. The Hall–Kier alpha value is -4.05. The van der Waals surface area contributed by atoms with Crippen LogP contribution in [-0.4, -0.2) is 54.4 Å². The number of imidazole rings is 1. The lowest BCUT2D eigenvalue weighted by molar-refractivity contribution is -0.0566. The number of piperidine rings is 1. The first-order chi connectivity index (χ1) is 17.3. The molecule has 2 aromatic carbocycles. The Kier molecular flexibility index (Phi) is 5.15. The normalized spacial score (nSPS) is 16.2. The van der Waals surface area contributed by atoms with Crippen molar-refractivity contribution in [1.29, 1.82) is 0 Å². The molecule has 1 fully saturated rings. The molecule has 0 aliphatic carbocycles. The fourth-order valence-electron chi connectivity index (χ4n) is 4.84. The lowest BCUT2D eigenvalue weighted by atomic mass is 10.1. The monoisotopic (exact) mass is 489 g/mol.